The normalized spacial score (nSPS) is 33.6. The lowest BCUT2D eigenvalue weighted by atomic mass is 9.80. The van der Waals surface area contributed by atoms with Gasteiger partial charge in [0.15, 0.2) is 9.84 Å². The van der Waals surface area contributed by atoms with E-state index < -0.39 is 9.84 Å². The van der Waals surface area contributed by atoms with Crippen LogP contribution in [0.1, 0.15) is 45.4 Å². The maximum Gasteiger partial charge on any atom is 0.151 e. The maximum atomic E-state index is 11.7. The Morgan fingerprint density at radius 1 is 1.20 bits per heavy atom. The monoisotopic (exact) mass is 303 g/mol. The van der Waals surface area contributed by atoms with Gasteiger partial charge in [-0.1, -0.05) is 26.2 Å². The molecule has 1 aliphatic heterocycles. The van der Waals surface area contributed by atoms with Crippen LogP contribution in [0.3, 0.4) is 0 Å². The van der Waals surface area contributed by atoms with E-state index >= 15 is 0 Å². The summed E-state index contributed by atoms with van der Waals surface area (Å²) in [5.74, 6) is 2.14. The highest BCUT2D eigenvalue weighted by Crippen LogP contribution is 2.32. The molecule has 1 heterocycles. The number of aliphatic hydroxyl groups excluding tert-OH is 1. The number of nitrogens with zero attached hydrogens (tertiary/aromatic N) is 1. The van der Waals surface area contributed by atoms with Crippen LogP contribution in [0.25, 0.3) is 0 Å². The van der Waals surface area contributed by atoms with E-state index in [1.807, 2.05) is 0 Å². The summed E-state index contributed by atoms with van der Waals surface area (Å²) in [7, 11) is -2.84. The first-order chi connectivity index (χ1) is 9.54. The zero-order chi connectivity index (χ0) is 14.6. The van der Waals surface area contributed by atoms with Crippen molar-refractivity contribution in [1.29, 1.82) is 0 Å². The SMILES string of the molecule is CC[C@@H]1CCC[C@H](CN(CCO)[C@H]2CCS(=O)(=O)C2)C1. The van der Waals surface area contributed by atoms with E-state index in [2.05, 4.69) is 11.8 Å². The second kappa shape index (κ2) is 7.23. The van der Waals surface area contributed by atoms with E-state index in [1.165, 1.54) is 32.1 Å². The van der Waals surface area contributed by atoms with Crippen LogP contribution >= 0.6 is 0 Å². The lowest BCUT2D eigenvalue weighted by Crippen LogP contribution is -2.42. The third-order valence-corrected chi connectivity index (χ3v) is 6.82. The van der Waals surface area contributed by atoms with Crippen molar-refractivity contribution in [2.24, 2.45) is 11.8 Å². The van der Waals surface area contributed by atoms with E-state index in [1.54, 1.807) is 0 Å². The van der Waals surface area contributed by atoms with Gasteiger partial charge in [-0.25, -0.2) is 8.42 Å². The van der Waals surface area contributed by atoms with Gasteiger partial charge in [-0.3, -0.25) is 4.90 Å². The predicted octanol–water partition coefficient (Wildman–Crippen LogP) is 1.68. The number of rotatable bonds is 6. The van der Waals surface area contributed by atoms with Crippen molar-refractivity contribution in [3.05, 3.63) is 0 Å². The van der Waals surface area contributed by atoms with Gasteiger partial charge < -0.3 is 5.11 Å². The predicted molar refractivity (Wildman–Crippen MR) is 81.5 cm³/mol. The molecule has 1 N–H and O–H groups in total. The van der Waals surface area contributed by atoms with Gasteiger partial charge in [0, 0.05) is 19.1 Å². The first kappa shape index (κ1) is 16.2. The molecule has 2 aliphatic rings. The van der Waals surface area contributed by atoms with Crippen molar-refractivity contribution in [1.82, 2.24) is 4.90 Å². The molecule has 0 spiro atoms. The molecule has 4 nitrogen and oxygen atoms in total. The summed E-state index contributed by atoms with van der Waals surface area (Å²) in [4.78, 5) is 2.24. The zero-order valence-electron chi connectivity index (χ0n) is 12.6. The summed E-state index contributed by atoms with van der Waals surface area (Å²) in [5, 5.41) is 9.26. The second-order valence-corrected chi connectivity index (χ2v) is 8.81. The molecule has 1 aliphatic carbocycles. The van der Waals surface area contributed by atoms with E-state index in [-0.39, 0.29) is 18.4 Å². The van der Waals surface area contributed by atoms with Crippen molar-refractivity contribution >= 4 is 9.84 Å². The van der Waals surface area contributed by atoms with Crippen molar-refractivity contribution in [3.63, 3.8) is 0 Å². The van der Waals surface area contributed by atoms with Crippen LogP contribution in [0.15, 0.2) is 0 Å². The molecule has 0 radical (unpaired) electrons. The molecule has 0 amide bonds. The Morgan fingerprint density at radius 2 is 1.95 bits per heavy atom. The Morgan fingerprint density at radius 3 is 2.55 bits per heavy atom. The van der Waals surface area contributed by atoms with Gasteiger partial charge in [-0.05, 0) is 31.1 Å². The highest BCUT2D eigenvalue weighted by atomic mass is 32.2. The molecule has 118 valence electrons. The molecular formula is C15H29NO3S. The number of sulfone groups is 1. The highest BCUT2D eigenvalue weighted by molar-refractivity contribution is 7.91. The molecular weight excluding hydrogens is 274 g/mol. The third-order valence-electron chi connectivity index (χ3n) is 5.07. The standard InChI is InChI=1S/C15H29NO3S/c1-2-13-4-3-5-14(10-13)11-16(7-8-17)15-6-9-20(18,19)12-15/h13-15,17H,2-12H2,1H3/t13-,14+,15+/m1/s1. The van der Waals surface area contributed by atoms with Gasteiger partial charge in [0.05, 0.1) is 18.1 Å². The van der Waals surface area contributed by atoms with Gasteiger partial charge in [-0.2, -0.15) is 0 Å². The van der Waals surface area contributed by atoms with E-state index in [9.17, 15) is 13.5 Å². The van der Waals surface area contributed by atoms with Crippen LogP contribution in [0.2, 0.25) is 0 Å². The first-order valence-corrected chi connectivity index (χ1v) is 9.91. The number of hydrogen-bond donors (Lipinski definition) is 1. The van der Waals surface area contributed by atoms with Gasteiger partial charge in [-0.15, -0.1) is 0 Å². The van der Waals surface area contributed by atoms with Crippen molar-refractivity contribution in [2.75, 3.05) is 31.2 Å². The minimum atomic E-state index is -2.84. The third kappa shape index (κ3) is 4.43. The molecule has 1 saturated heterocycles. The quantitative estimate of drug-likeness (QED) is 0.811. The van der Waals surface area contributed by atoms with Crippen LogP contribution in [0.4, 0.5) is 0 Å². The van der Waals surface area contributed by atoms with Gasteiger partial charge in [0.1, 0.15) is 0 Å². The summed E-state index contributed by atoms with van der Waals surface area (Å²) in [6.07, 6.45) is 7.19. The fraction of sp³-hybridized carbons (Fsp3) is 1.00. The van der Waals surface area contributed by atoms with E-state index in [0.717, 1.165) is 18.9 Å². The Balaban J connectivity index is 1.92. The van der Waals surface area contributed by atoms with Crippen molar-refractivity contribution in [2.45, 2.75) is 51.5 Å². The average Bonchev–Trinajstić information content (AvgIpc) is 2.79. The molecule has 20 heavy (non-hydrogen) atoms. The maximum absolute atomic E-state index is 11.7. The molecule has 5 heteroatoms. The molecule has 0 unspecified atom stereocenters. The summed E-state index contributed by atoms with van der Waals surface area (Å²) >= 11 is 0. The zero-order valence-corrected chi connectivity index (χ0v) is 13.4. The average molecular weight is 303 g/mol. The van der Waals surface area contributed by atoms with E-state index in [0.29, 0.717) is 18.2 Å². The summed E-state index contributed by atoms with van der Waals surface area (Å²) in [5.41, 5.74) is 0. The summed E-state index contributed by atoms with van der Waals surface area (Å²) in [6.45, 7) is 3.98. The molecule has 0 aromatic carbocycles. The molecule has 0 bridgehead atoms. The van der Waals surface area contributed by atoms with Crippen LogP contribution in [-0.2, 0) is 9.84 Å². The van der Waals surface area contributed by atoms with Gasteiger partial charge in [0.25, 0.3) is 0 Å². The second-order valence-electron chi connectivity index (χ2n) is 6.58. The van der Waals surface area contributed by atoms with Crippen molar-refractivity contribution < 1.29 is 13.5 Å². The van der Waals surface area contributed by atoms with Crippen LogP contribution in [-0.4, -0.2) is 55.7 Å². The van der Waals surface area contributed by atoms with Crippen LogP contribution in [0.5, 0.6) is 0 Å². The van der Waals surface area contributed by atoms with Gasteiger partial charge >= 0.3 is 0 Å². The Labute approximate surface area is 123 Å². The topological polar surface area (TPSA) is 57.6 Å². The minimum absolute atomic E-state index is 0.125. The van der Waals surface area contributed by atoms with E-state index in [4.69, 9.17) is 0 Å². The minimum Gasteiger partial charge on any atom is -0.395 e. The molecule has 0 aromatic rings. The van der Waals surface area contributed by atoms with Crippen LogP contribution in [0, 0.1) is 11.8 Å². The Kier molecular flexibility index (Phi) is 5.87. The van der Waals surface area contributed by atoms with Crippen molar-refractivity contribution in [3.8, 4) is 0 Å². The lowest BCUT2D eigenvalue weighted by molar-refractivity contribution is 0.116. The Bertz CT molecular complexity index is 396. The summed E-state index contributed by atoms with van der Waals surface area (Å²) in [6, 6.07) is 0.133. The fourth-order valence-electron chi connectivity index (χ4n) is 3.89. The molecule has 2 fully saturated rings. The largest absolute Gasteiger partial charge is 0.395 e. The Hall–Kier alpha value is -0.130. The fourth-order valence-corrected chi connectivity index (χ4v) is 5.65. The smallest absolute Gasteiger partial charge is 0.151 e. The first-order valence-electron chi connectivity index (χ1n) is 8.09. The number of hydrogen-bond acceptors (Lipinski definition) is 4. The van der Waals surface area contributed by atoms with Gasteiger partial charge in [0.2, 0.25) is 0 Å². The molecule has 2 rings (SSSR count). The lowest BCUT2D eigenvalue weighted by Gasteiger charge is -2.35. The molecule has 0 aromatic heterocycles. The molecule has 3 atom stereocenters. The molecule has 1 saturated carbocycles. The number of aliphatic hydroxyl groups is 1. The highest BCUT2D eigenvalue weighted by Gasteiger charge is 2.33. The van der Waals surface area contributed by atoms with Crippen LogP contribution < -0.4 is 0 Å². The summed E-state index contributed by atoms with van der Waals surface area (Å²) < 4.78 is 23.3.